The Morgan fingerprint density at radius 1 is 0.974 bits per heavy atom. The van der Waals surface area contributed by atoms with Crippen molar-refractivity contribution in [1.82, 2.24) is 5.32 Å². The van der Waals surface area contributed by atoms with Gasteiger partial charge in [0.2, 0.25) is 5.91 Å². The lowest BCUT2D eigenvalue weighted by Gasteiger charge is -2.47. The summed E-state index contributed by atoms with van der Waals surface area (Å²) in [6, 6.07) is 19.6. The maximum atomic E-state index is 12.2. The molecule has 38 heavy (non-hydrogen) atoms. The second kappa shape index (κ2) is 12.8. The number of rotatable bonds is 12. The maximum absolute atomic E-state index is 12.2. The van der Waals surface area contributed by atoms with Crippen molar-refractivity contribution in [3.05, 3.63) is 95.6 Å². The molecule has 202 valence electrons. The van der Waals surface area contributed by atoms with Gasteiger partial charge in [0.1, 0.15) is 11.6 Å². The lowest BCUT2D eigenvalue weighted by Crippen LogP contribution is -2.65. The number of amides is 1. The largest absolute Gasteiger partial charge is 0.376 e. The van der Waals surface area contributed by atoms with Crippen molar-refractivity contribution in [3.63, 3.8) is 0 Å². The van der Waals surface area contributed by atoms with Crippen molar-refractivity contribution in [2.45, 2.75) is 57.0 Å². The van der Waals surface area contributed by atoms with Crippen LogP contribution in [0.1, 0.15) is 30.9 Å². The number of ether oxygens (including phenoxy) is 5. The Balaban J connectivity index is 1.36. The Morgan fingerprint density at radius 3 is 2.39 bits per heavy atom. The molecule has 0 unspecified atom stereocenters. The summed E-state index contributed by atoms with van der Waals surface area (Å²) < 4.78 is 31.7. The van der Waals surface area contributed by atoms with Crippen LogP contribution in [0.15, 0.2) is 84.5 Å². The SMILES string of the molecule is CC(=O)N[C@H]1[C@H]2OC[C@](COCc3ccccc3)(O2)[C@H](COCC2=CCCC=C2)[C@@H]1OCc1ccccc1. The highest BCUT2D eigenvalue weighted by atomic mass is 16.7. The first kappa shape index (κ1) is 26.8. The molecule has 2 aromatic rings. The number of nitrogens with one attached hydrogen (secondary N) is 1. The molecule has 2 heterocycles. The summed E-state index contributed by atoms with van der Waals surface area (Å²) in [7, 11) is 0. The molecule has 2 bridgehead atoms. The molecule has 0 spiro atoms. The Bertz CT molecular complexity index is 1100. The van der Waals surface area contributed by atoms with Crippen molar-refractivity contribution in [1.29, 1.82) is 0 Å². The van der Waals surface area contributed by atoms with Crippen LogP contribution in [-0.2, 0) is 41.7 Å². The van der Waals surface area contributed by atoms with Gasteiger partial charge in [-0.1, -0.05) is 78.9 Å². The molecule has 2 saturated heterocycles. The van der Waals surface area contributed by atoms with Crippen LogP contribution < -0.4 is 5.32 Å². The van der Waals surface area contributed by atoms with Gasteiger partial charge in [-0.15, -0.1) is 0 Å². The molecule has 1 N–H and O–H groups in total. The number of benzene rings is 2. The predicted molar refractivity (Wildman–Crippen MR) is 143 cm³/mol. The molecule has 2 aromatic carbocycles. The molecule has 5 atom stereocenters. The van der Waals surface area contributed by atoms with Crippen molar-refractivity contribution >= 4 is 5.91 Å². The van der Waals surface area contributed by atoms with Gasteiger partial charge in [0.15, 0.2) is 6.29 Å². The minimum absolute atomic E-state index is 0.160. The van der Waals surface area contributed by atoms with Gasteiger partial charge in [0.05, 0.1) is 45.7 Å². The van der Waals surface area contributed by atoms with Crippen LogP contribution >= 0.6 is 0 Å². The van der Waals surface area contributed by atoms with Crippen LogP contribution in [-0.4, -0.2) is 56.4 Å². The first-order chi connectivity index (χ1) is 18.6. The standard InChI is InChI=1S/C31H37NO6/c1-23(33)32-28-29(36-19-26-15-9-4-10-16-26)27(20-34-17-24-11-5-2-6-12-24)31(22-37-30(28)38-31)21-35-18-25-13-7-3-8-14-25/h3-5,7-16,27-30H,2,6,17-22H2,1H3,(H,32,33)/t27-,28-,29+,30+,31+/m1/s1. The summed E-state index contributed by atoms with van der Waals surface area (Å²) in [5.41, 5.74) is 2.56. The third-order valence-electron chi connectivity index (χ3n) is 7.31. The predicted octanol–water partition coefficient (Wildman–Crippen LogP) is 4.33. The minimum Gasteiger partial charge on any atom is -0.376 e. The van der Waals surface area contributed by atoms with Gasteiger partial charge in [0, 0.05) is 12.8 Å². The summed E-state index contributed by atoms with van der Waals surface area (Å²) in [6.07, 6.45) is 7.59. The number of carbonyl (C=O) groups excluding carboxylic acids is 1. The third kappa shape index (κ3) is 6.60. The van der Waals surface area contributed by atoms with E-state index in [1.807, 2.05) is 60.7 Å². The average Bonchev–Trinajstić information content (AvgIpc) is 3.33. The first-order valence-corrected chi connectivity index (χ1v) is 13.4. The zero-order valence-corrected chi connectivity index (χ0v) is 21.9. The summed E-state index contributed by atoms with van der Waals surface area (Å²) in [5.74, 6) is -0.391. The quantitative estimate of drug-likeness (QED) is 0.450. The summed E-state index contributed by atoms with van der Waals surface area (Å²) in [6.45, 7) is 3.92. The van der Waals surface area contributed by atoms with Crippen molar-refractivity contribution in [3.8, 4) is 0 Å². The summed E-state index contributed by atoms with van der Waals surface area (Å²) >= 11 is 0. The number of carbonyl (C=O) groups is 1. The van der Waals surface area contributed by atoms with Crippen LogP contribution in [0.3, 0.4) is 0 Å². The molecule has 3 aliphatic rings. The Hall–Kier alpha value is -2.81. The molecule has 1 amide bonds. The molecular formula is C31H37NO6. The molecule has 0 aromatic heterocycles. The van der Waals surface area contributed by atoms with E-state index in [2.05, 4.69) is 23.5 Å². The lowest BCUT2D eigenvalue weighted by atomic mass is 9.79. The van der Waals surface area contributed by atoms with E-state index in [-0.39, 0.29) is 11.8 Å². The zero-order valence-electron chi connectivity index (χ0n) is 21.9. The molecule has 1 aliphatic carbocycles. The van der Waals surface area contributed by atoms with E-state index in [0.29, 0.717) is 39.6 Å². The van der Waals surface area contributed by atoms with Gasteiger partial charge in [-0.05, 0) is 29.5 Å². The van der Waals surface area contributed by atoms with Crippen LogP contribution in [0, 0.1) is 5.92 Å². The molecule has 5 rings (SSSR count). The summed E-state index contributed by atoms with van der Waals surface area (Å²) in [4.78, 5) is 12.2. The third-order valence-corrected chi connectivity index (χ3v) is 7.31. The number of fused-ring (bicyclic) bond motifs is 2. The van der Waals surface area contributed by atoms with E-state index >= 15 is 0 Å². The van der Waals surface area contributed by atoms with Gasteiger partial charge in [0.25, 0.3) is 0 Å². The number of allylic oxidation sites excluding steroid dienone is 2. The van der Waals surface area contributed by atoms with Crippen LogP contribution in [0.5, 0.6) is 0 Å². The number of hydrogen-bond acceptors (Lipinski definition) is 6. The van der Waals surface area contributed by atoms with E-state index in [1.54, 1.807) is 0 Å². The highest BCUT2D eigenvalue weighted by Gasteiger charge is 2.60. The highest BCUT2D eigenvalue weighted by Crippen LogP contribution is 2.43. The van der Waals surface area contributed by atoms with E-state index in [0.717, 1.165) is 24.0 Å². The first-order valence-electron chi connectivity index (χ1n) is 13.4. The zero-order chi connectivity index (χ0) is 26.2. The fourth-order valence-corrected chi connectivity index (χ4v) is 5.39. The molecule has 0 radical (unpaired) electrons. The van der Waals surface area contributed by atoms with Crippen molar-refractivity contribution < 1.29 is 28.5 Å². The topological polar surface area (TPSA) is 75.3 Å². The fraction of sp³-hybridized carbons (Fsp3) is 0.452. The molecule has 7 heteroatoms. The lowest BCUT2D eigenvalue weighted by molar-refractivity contribution is -0.238. The van der Waals surface area contributed by atoms with Crippen LogP contribution in [0.25, 0.3) is 0 Å². The van der Waals surface area contributed by atoms with E-state index in [9.17, 15) is 4.79 Å². The molecule has 2 fully saturated rings. The average molecular weight is 520 g/mol. The van der Waals surface area contributed by atoms with E-state index in [4.69, 9.17) is 23.7 Å². The molecule has 7 nitrogen and oxygen atoms in total. The monoisotopic (exact) mass is 519 g/mol. The van der Waals surface area contributed by atoms with Crippen molar-refractivity contribution in [2.75, 3.05) is 26.4 Å². The maximum Gasteiger partial charge on any atom is 0.217 e. The van der Waals surface area contributed by atoms with Gasteiger partial charge in [-0.25, -0.2) is 0 Å². The van der Waals surface area contributed by atoms with Gasteiger partial charge < -0.3 is 29.0 Å². The fourth-order valence-electron chi connectivity index (χ4n) is 5.39. The smallest absolute Gasteiger partial charge is 0.217 e. The minimum atomic E-state index is -0.757. The molecule has 2 aliphatic heterocycles. The molecule has 0 saturated carbocycles. The second-order valence-electron chi connectivity index (χ2n) is 10.2. The van der Waals surface area contributed by atoms with Gasteiger partial charge in [-0.3, -0.25) is 4.79 Å². The normalized spacial score (nSPS) is 28.2. The summed E-state index contributed by atoms with van der Waals surface area (Å²) in [5, 5.41) is 3.03. The second-order valence-corrected chi connectivity index (χ2v) is 10.2. The van der Waals surface area contributed by atoms with Gasteiger partial charge in [-0.2, -0.15) is 0 Å². The van der Waals surface area contributed by atoms with Crippen molar-refractivity contribution in [2.24, 2.45) is 5.92 Å². The number of hydrogen-bond donors (Lipinski definition) is 1. The molecular weight excluding hydrogens is 482 g/mol. The Labute approximate surface area is 224 Å². The van der Waals surface area contributed by atoms with E-state index < -0.39 is 24.0 Å². The van der Waals surface area contributed by atoms with E-state index in [1.165, 1.54) is 12.5 Å². The Morgan fingerprint density at radius 2 is 1.71 bits per heavy atom. The Kier molecular flexibility index (Phi) is 9.04. The van der Waals surface area contributed by atoms with Crippen LogP contribution in [0.2, 0.25) is 0 Å². The highest BCUT2D eigenvalue weighted by molar-refractivity contribution is 5.73. The van der Waals surface area contributed by atoms with Gasteiger partial charge >= 0.3 is 0 Å². The van der Waals surface area contributed by atoms with Crippen LogP contribution in [0.4, 0.5) is 0 Å².